The number of likely N-dealkylation sites (N-methyl/N-ethyl adjacent to an activating group) is 1. The number of nitrogens with zero attached hydrogens (tertiary/aromatic N) is 2. The van der Waals surface area contributed by atoms with E-state index in [1.807, 2.05) is 18.7 Å². The van der Waals surface area contributed by atoms with Gasteiger partial charge in [-0.1, -0.05) is 18.5 Å². The molecule has 0 aliphatic rings. The first-order valence-electron chi connectivity index (χ1n) is 4.55. The maximum absolute atomic E-state index is 6.10. The predicted molar refractivity (Wildman–Crippen MR) is 55.2 cm³/mol. The molecular weight excluding hydrogens is 186 g/mol. The summed E-state index contributed by atoms with van der Waals surface area (Å²) in [5, 5.41) is 3.85. The van der Waals surface area contributed by atoms with Crippen LogP contribution in [0.4, 0.5) is 0 Å². The van der Waals surface area contributed by atoms with E-state index in [0.717, 1.165) is 36.1 Å². The standard InChI is InChI=1S/C9H16ClN3/c1-4-8-12-7(5-6-11-2)9(10)13(8)3/h11H,4-6H2,1-3H3. The highest BCUT2D eigenvalue weighted by Crippen LogP contribution is 2.17. The number of hydrogen-bond acceptors (Lipinski definition) is 2. The number of imidazole rings is 1. The molecule has 4 heteroatoms. The Labute approximate surface area is 84.1 Å². The summed E-state index contributed by atoms with van der Waals surface area (Å²) in [6, 6.07) is 0. The summed E-state index contributed by atoms with van der Waals surface area (Å²) in [7, 11) is 3.88. The van der Waals surface area contributed by atoms with E-state index in [2.05, 4.69) is 17.2 Å². The van der Waals surface area contributed by atoms with Crippen molar-refractivity contribution in [3.63, 3.8) is 0 Å². The number of nitrogens with one attached hydrogen (secondary N) is 1. The Morgan fingerprint density at radius 1 is 1.54 bits per heavy atom. The van der Waals surface area contributed by atoms with Crippen molar-refractivity contribution in [2.75, 3.05) is 13.6 Å². The molecule has 0 fully saturated rings. The average molecular weight is 202 g/mol. The molecule has 1 aromatic heterocycles. The molecule has 74 valence electrons. The maximum Gasteiger partial charge on any atom is 0.131 e. The van der Waals surface area contributed by atoms with E-state index in [9.17, 15) is 0 Å². The van der Waals surface area contributed by atoms with Gasteiger partial charge in [-0.25, -0.2) is 4.98 Å². The van der Waals surface area contributed by atoms with E-state index in [1.165, 1.54) is 0 Å². The molecule has 0 aliphatic heterocycles. The van der Waals surface area contributed by atoms with Crippen LogP contribution in [0.1, 0.15) is 18.4 Å². The predicted octanol–water partition coefficient (Wildman–Crippen LogP) is 1.40. The zero-order chi connectivity index (χ0) is 9.84. The van der Waals surface area contributed by atoms with Crippen LogP contribution in [0, 0.1) is 0 Å². The molecule has 0 spiro atoms. The number of aromatic nitrogens is 2. The van der Waals surface area contributed by atoms with Crippen molar-refractivity contribution in [3.8, 4) is 0 Å². The first-order chi connectivity index (χ1) is 6.20. The Balaban J connectivity index is 2.82. The van der Waals surface area contributed by atoms with E-state index < -0.39 is 0 Å². The molecule has 13 heavy (non-hydrogen) atoms. The van der Waals surface area contributed by atoms with Gasteiger partial charge in [0.1, 0.15) is 11.0 Å². The van der Waals surface area contributed by atoms with Crippen molar-refractivity contribution in [3.05, 3.63) is 16.7 Å². The van der Waals surface area contributed by atoms with Gasteiger partial charge in [0.15, 0.2) is 0 Å². The molecule has 0 atom stereocenters. The third-order valence-electron chi connectivity index (χ3n) is 2.11. The minimum absolute atomic E-state index is 0.770. The molecule has 0 unspecified atom stereocenters. The molecular formula is C9H16ClN3. The summed E-state index contributed by atoms with van der Waals surface area (Å²) in [5.41, 5.74) is 0.996. The Hall–Kier alpha value is -0.540. The summed E-state index contributed by atoms with van der Waals surface area (Å²) in [4.78, 5) is 4.46. The number of hydrogen-bond donors (Lipinski definition) is 1. The topological polar surface area (TPSA) is 29.9 Å². The molecule has 3 nitrogen and oxygen atoms in total. The Morgan fingerprint density at radius 2 is 2.23 bits per heavy atom. The van der Waals surface area contributed by atoms with Crippen molar-refractivity contribution in [2.24, 2.45) is 7.05 Å². The van der Waals surface area contributed by atoms with Crippen molar-refractivity contribution in [1.29, 1.82) is 0 Å². The van der Waals surface area contributed by atoms with Crippen LogP contribution in [-0.4, -0.2) is 23.1 Å². The largest absolute Gasteiger partial charge is 0.322 e. The first kappa shape index (κ1) is 10.5. The van der Waals surface area contributed by atoms with Crippen LogP contribution >= 0.6 is 11.6 Å². The second kappa shape index (κ2) is 4.63. The van der Waals surface area contributed by atoms with E-state index in [1.54, 1.807) is 0 Å². The molecule has 1 N–H and O–H groups in total. The number of halogens is 1. The van der Waals surface area contributed by atoms with Gasteiger partial charge < -0.3 is 9.88 Å². The monoisotopic (exact) mass is 201 g/mol. The molecule has 0 saturated heterocycles. The molecule has 0 radical (unpaired) electrons. The summed E-state index contributed by atoms with van der Waals surface area (Å²) in [6.45, 7) is 3.00. The molecule has 0 aromatic carbocycles. The Bertz CT molecular complexity index is 281. The molecule has 0 aliphatic carbocycles. The van der Waals surface area contributed by atoms with Gasteiger partial charge in [-0.2, -0.15) is 0 Å². The number of aryl methyl sites for hydroxylation is 1. The number of rotatable bonds is 4. The van der Waals surface area contributed by atoms with Crippen LogP contribution in [-0.2, 0) is 19.9 Å². The van der Waals surface area contributed by atoms with Gasteiger partial charge in [-0.15, -0.1) is 0 Å². The van der Waals surface area contributed by atoms with E-state index >= 15 is 0 Å². The quantitative estimate of drug-likeness (QED) is 0.798. The Kier molecular flexibility index (Phi) is 3.75. The van der Waals surface area contributed by atoms with Gasteiger partial charge in [0, 0.05) is 26.4 Å². The molecule has 1 rings (SSSR count). The van der Waals surface area contributed by atoms with Crippen LogP contribution in [0.25, 0.3) is 0 Å². The SMILES string of the molecule is CCc1nc(CCNC)c(Cl)n1C. The fourth-order valence-electron chi connectivity index (χ4n) is 1.30. The van der Waals surface area contributed by atoms with Crippen LogP contribution < -0.4 is 5.32 Å². The highest BCUT2D eigenvalue weighted by Gasteiger charge is 2.10. The summed E-state index contributed by atoms with van der Waals surface area (Å²) < 4.78 is 1.95. The molecule has 0 amide bonds. The lowest BCUT2D eigenvalue weighted by Gasteiger charge is -1.97. The van der Waals surface area contributed by atoms with Gasteiger partial charge in [0.25, 0.3) is 0 Å². The molecule has 1 aromatic rings. The van der Waals surface area contributed by atoms with Crippen LogP contribution in [0.5, 0.6) is 0 Å². The fourth-order valence-corrected chi connectivity index (χ4v) is 1.54. The van der Waals surface area contributed by atoms with Crippen molar-refractivity contribution < 1.29 is 0 Å². The second-order valence-corrected chi connectivity index (χ2v) is 3.39. The highest BCUT2D eigenvalue weighted by atomic mass is 35.5. The fraction of sp³-hybridized carbons (Fsp3) is 0.667. The zero-order valence-electron chi connectivity index (χ0n) is 8.39. The van der Waals surface area contributed by atoms with Crippen molar-refractivity contribution >= 4 is 11.6 Å². The third-order valence-corrected chi connectivity index (χ3v) is 2.58. The lowest BCUT2D eigenvalue weighted by atomic mass is 10.3. The molecule has 1 heterocycles. The summed E-state index contributed by atoms with van der Waals surface area (Å²) in [5.74, 6) is 1.05. The summed E-state index contributed by atoms with van der Waals surface area (Å²) in [6.07, 6.45) is 1.82. The van der Waals surface area contributed by atoms with Crippen LogP contribution in [0.15, 0.2) is 0 Å². The first-order valence-corrected chi connectivity index (χ1v) is 4.93. The average Bonchev–Trinajstić information content (AvgIpc) is 2.41. The minimum atomic E-state index is 0.770. The lowest BCUT2D eigenvalue weighted by molar-refractivity contribution is 0.777. The Morgan fingerprint density at radius 3 is 2.69 bits per heavy atom. The second-order valence-electron chi connectivity index (χ2n) is 3.03. The van der Waals surface area contributed by atoms with E-state index in [0.29, 0.717) is 0 Å². The van der Waals surface area contributed by atoms with Gasteiger partial charge in [-0.3, -0.25) is 0 Å². The zero-order valence-corrected chi connectivity index (χ0v) is 9.15. The molecule has 0 bridgehead atoms. The lowest BCUT2D eigenvalue weighted by Crippen LogP contribution is -2.10. The van der Waals surface area contributed by atoms with Crippen molar-refractivity contribution in [2.45, 2.75) is 19.8 Å². The maximum atomic E-state index is 6.10. The van der Waals surface area contributed by atoms with Gasteiger partial charge in [0.05, 0.1) is 5.69 Å². The third kappa shape index (κ3) is 2.23. The normalized spacial score (nSPS) is 10.8. The highest BCUT2D eigenvalue weighted by molar-refractivity contribution is 6.30. The minimum Gasteiger partial charge on any atom is -0.322 e. The van der Waals surface area contributed by atoms with Gasteiger partial charge in [-0.05, 0) is 7.05 Å². The van der Waals surface area contributed by atoms with Crippen LogP contribution in [0.2, 0.25) is 5.15 Å². The van der Waals surface area contributed by atoms with E-state index in [4.69, 9.17) is 11.6 Å². The van der Waals surface area contributed by atoms with Gasteiger partial charge >= 0.3 is 0 Å². The van der Waals surface area contributed by atoms with Crippen molar-refractivity contribution in [1.82, 2.24) is 14.9 Å². The van der Waals surface area contributed by atoms with E-state index in [-0.39, 0.29) is 0 Å². The smallest absolute Gasteiger partial charge is 0.131 e. The summed E-state index contributed by atoms with van der Waals surface area (Å²) >= 11 is 6.10. The molecule has 0 saturated carbocycles. The van der Waals surface area contributed by atoms with Crippen LogP contribution in [0.3, 0.4) is 0 Å². The van der Waals surface area contributed by atoms with Gasteiger partial charge in [0.2, 0.25) is 0 Å².